The molecule has 1 amide bonds. The number of ether oxygens (including phenoxy) is 1. The molecule has 1 atom stereocenters. The van der Waals surface area contributed by atoms with Crippen molar-refractivity contribution >= 4 is 16.9 Å². The molecule has 142 valence electrons. The SMILES string of the molecule is CCOc1ccc2oc(C(=O)NCCCN3CCCC[C@H]3C)c(C)c2c1. The first-order valence-electron chi connectivity index (χ1n) is 9.78. The highest BCUT2D eigenvalue weighted by molar-refractivity contribution is 5.99. The van der Waals surface area contributed by atoms with Crippen molar-refractivity contribution in [3.63, 3.8) is 0 Å². The molecule has 2 heterocycles. The molecule has 0 spiro atoms. The Morgan fingerprint density at radius 1 is 1.38 bits per heavy atom. The summed E-state index contributed by atoms with van der Waals surface area (Å²) >= 11 is 0. The summed E-state index contributed by atoms with van der Waals surface area (Å²) in [5.41, 5.74) is 1.59. The number of hydrogen-bond donors (Lipinski definition) is 1. The molecule has 0 radical (unpaired) electrons. The lowest BCUT2D eigenvalue weighted by Gasteiger charge is -2.33. The Labute approximate surface area is 155 Å². The maximum absolute atomic E-state index is 12.5. The zero-order chi connectivity index (χ0) is 18.5. The van der Waals surface area contributed by atoms with Gasteiger partial charge in [-0.15, -0.1) is 0 Å². The van der Waals surface area contributed by atoms with Gasteiger partial charge < -0.3 is 19.4 Å². The second-order valence-electron chi connectivity index (χ2n) is 7.14. The van der Waals surface area contributed by atoms with Crippen LogP contribution in [0.2, 0.25) is 0 Å². The lowest BCUT2D eigenvalue weighted by Crippen LogP contribution is -2.39. The molecule has 1 N–H and O–H groups in total. The summed E-state index contributed by atoms with van der Waals surface area (Å²) in [6.07, 6.45) is 4.88. The van der Waals surface area contributed by atoms with E-state index in [0.29, 0.717) is 25.0 Å². The van der Waals surface area contributed by atoms with Crippen molar-refractivity contribution in [3.8, 4) is 5.75 Å². The van der Waals surface area contributed by atoms with Crippen molar-refractivity contribution in [2.75, 3.05) is 26.2 Å². The first-order chi connectivity index (χ1) is 12.6. The van der Waals surface area contributed by atoms with E-state index in [1.54, 1.807) is 0 Å². The van der Waals surface area contributed by atoms with Gasteiger partial charge in [0.05, 0.1) is 6.61 Å². The van der Waals surface area contributed by atoms with Crippen LogP contribution in [0, 0.1) is 6.92 Å². The van der Waals surface area contributed by atoms with E-state index >= 15 is 0 Å². The van der Waals surface area contributed by atoms with Gasteiger partial charge in [0, 0.05) is 30.1 Å². The van der Waals surface area contributed by atoms with Crippen LogP contribution in [-0.4, -0.2) is 43.1 Å². The van der Waals surface area contributed by atoms with E-state index in [9.17, 15) is 4.79 Å². The number of amides is 1. The third kappa shape index (κ3) is 4.21. The number of likely N-dealkylation sites (tertiary alicyclic amines) is 1. The van der Waals surface area contributed by atoms with Gasteiger partial charge in [-0.05, 0) is 64.8 Å². The van der Waals surface area contributed by atoms with Gasteiger partial charge in [0.25, 0.3) is 5.91 Å². The fourth-order valence-electron chi connectivity index (χ4n) is 3.73. The number of hydrogen-bond acceptors (Lipinski definition) is 4. The quantitative estimate of drug-likeness (QED) is 0.756. The van der Waals surface area contributed by atoms with Crippen molar-refractivity contribution in [1.29, 1.82) is 0 Å². The van der Waals surface area contributed by atoms with Crippen molar-refractivity contribution < 1.29 is 13.9 Å². The maximum atomic E-state index is 12.5. The molecule has 1 saturated heterocycles. The average Bonchev–Trinajstić information content (AvgIpc) is 2.97. The van der Waals surface area contributed by atoms with Gasteiger partial charge in [0.15, 0.2) is 5.76 Å². The van der Waals surface area contributed by atoms with E-state index in [0.717, 1.165) is 35.2 Å². The number of rotatable bonds is 7. The highest BCUT2D eigenvalue weighted by Gasteiger charge is 2.19. The van der Waals surface area contributed by atoms with Gasteiger partial charge in [-0.3, -0.25) is 4.79 Å². The summed E-state index contributed by atoms with van der Waals surface area (Å²) in [5, 5.41) is 3.94. The summed E-state index contributed by atoms with van der Waals surface area (Å²) in [4.78, 5) is 15.0. The van der Waals surface area contributed by atoms with Crippen molar-refractivity contribution in [2.24, 2.45) is 0 Å². The van der Waals surface area contributed by atoms with Crippen LogP contribution in [-0.2, 0) is 0 Å². The Bertz CT molecular complexity index is 753. The van der Waals surface area contributed by atoms with E-state index in [4.69, 9.17) is 9.15 Å². The van der Waals surface area contributed by atoms with Crippen LogP contribution >= 0.6 is 0 Å². The van der Waals surface area contributed by atoms with E-state index in [1.165, 1.54) is 25.8 Å². The van der Waals surface area contributed by atoms with Crippen LogP contribution in [0.4, 0.5) is 0 Å². The molecule has 1 aliphatic rings. The smallest absolute Gasteiger partial charge is 0.287 e. The Morgan fingerprint density at radius 3 is 3.00 bits per heavy atom. The Morgan fingerprint density at radius 2 is 2.23 bits per heavy atom. The molecular weight excluding hydrogens is 328 g/mol. The maximum Gasteiger partial charge on any atom is 0.287 e. The van der Waals surface area contributed by atoms with Crippen molar-refractivity contribution in [3.05, 3.63) is 29.5 Å². The number of aryl methyl sites for hydroxylation is 1. The molecule has 0 bridgehead atoms. The second-order valence-corrected chi connectivity index (χ2v) is 7.14. The van der Waals surface area contributed by atoms with E-state index in [2.05, 4.69) is 17.1 Å². The third-order valence-corrected chi connectivity index (χ3v) is 5.27. The van der Waals surface area contributed by atoms with Gasteiger partial charge in [-0.2, -0.15) is 0 Å². The normalized spacial score (nSPS) is 18.2. The Kier molecular flexibility index (Phi) is 6.20. The van der Waals surface area contributed by atoms with Gasteiger partial charge in [-0.1, -0.05) is 6.42 Å². The molecular formula is C21H30N2O3. The van der Waals surface area contributed by atoms with Gasteiger partial charge >= 0.3 is 0 Å². The van der Waals surface area contributed by atoms with E-state index < -0.39 is 0 Å². The minimum Gasteiger partial charge on any atom is -0.494 e. The molecule has 1 aromatic carbocycles. The van der Waals surface area contributed by atoms with E-state index in [-0.39, 0.29) is 5.91 Å². The summed E-state index contributed by atoms with van der Waals surface area (Å²) in [5.74, 6) is 1.06. The molecule has 5 nitrogen and oxygen atoms in total. The van der Waals surface area contributed by atoms with Gasteiger partial charge in [-0.25, -0.2) is 0 Å². The fraction of sp³-hybridized carbons (Fsp3) is 0.571. The summed E-state index contributed by atoms with van der Waals surface area (Å²) in [7, 11) is 0. The summed E-state index contributed by atoms with van der Waals surface area (Å²) in [6, 6.07) is 6.33. The summed E-state index contributed by atoms with van der Waals surface area (Å²) < 4.78 is 11.3. The molecule has 1 aliphatic heterocycles. The highest BCUT2D eigenvalue weighted by Crippen LogP contribution is 2.28. The Balaban J connectivity index is 1.56. The first-order valence-corrected chi connectivity index (χ1v) is 9.78. The first kappa shape index (κ1) is 18.8. The van der Waals surface area contributed by atoms with Crippen LogP contribution in [0.25, 0.3) is 11.0 Å². The van der Waals surface area contributed by atoms with Crippen LogP contribution in [0.3, 0.4) is 0 Å². The van der Waals surface area contributed by atoms with Crippen LogP contribution in [0.15, 0.2) is 22.6 Å². The fourth-order valence-corrected chi connectivity index (χ4v) is 3.73. The molecule has 26 heavy (non-hydrogen) atoms. The van der Waals surface area contributed by atoms with Gasteiger partial charge in [0.1, 0.15) is 11.3 Å². The van der Waals surface area contributed by atoms with Crippen molar-refractivity contribution in [2.45, 2.75) is 52.5 Å². The van der Waals surface area contributed by atoms with E-state index in [1.807, 2.05) is 32.0 Å². The number of piperidine rings is 1. The standard InChI is InChI=1S/C21H30N2O3/c1-4-25-17-9-10-19-18(14-17)16(3)20(26-19)21(24)22-11-7-13-23-12-6-5-8-15(23)2/h9-10,14-15H,4-8,11-13H2,1-3H3,(H,22,24)/t15-/m1/s1. The molecule has 0 saturated carbocycles. The van der Waals surface area contributed by atoms with Gasteiger partial charge in [0.2, 0.25) is 0 Å². The Hall–Kier alpha value is -2.01. The molecule has 0 aliphatic carbocycles. The van der Waals surface area contributed by atoms with Crippen molar-refractivity contribution in [1.82, 2.24) is 10.2 Å². The topological polar surface area (TPSA) is 54.7 Å². The zero-order valence-electron chi connectivity index (χ0n) is 16.1. The summed E-state index contributed by atoms with van der Waals surface area (Å²) in [6.45, 7) is 9.68. The second kappa shape index (κ2) is 8.58. The van der Waals surface area contributed by atoms with Crippen LogP contribution in [0.5, 0.6) is 5.75 Å². The average molecular weight is 358 g/mol. The third-order valence-electron chi connectivity index (χ3n) is 5.27. The molecule has 3 rings (SSSR count). The number of benzene rings is 1. The minimum atomic E-state index is -0.136. The number of carbonyl (C=O) groups excluding carboxylic acids is 1. The number of nitrogens with one attached hydrogen (secondary N) is 1. The number of fused-ring (bicyclic) bond motifs is 1. The minimum absolute atomic E-state index is 0.136. The lowest BCUT2D eigenvalue weighted by molar-refractivity contribution is 0.0922. The largest absolute Gasteiger partial charge is 0.494 e. The lowest BCUT2D eigenvalue weighted by atomic mass is 10.0. The van der Waals surface area contributed by atoms with Crippen LogP contribution in [0.1, 0.15) is 55.6 Å². The molecule has 2 aromatic rings. The molecule has 1 aromatic heterocycles. The monoisotopic (exact) mass is 358 g/mol. The predicted octanol–water partition coefficient (Wildman–Crippen LogP) is 4.13. The predicted molar refractivity (Wildman–Crippen MR) is 104 cm³/mol. The van der Waals surface area contributed by atoms with Crippen LogP contribution < -0.4 is 10.1 Å². The molecule has 0 unspecified atom stereocenters. The zero-order valence-corrected chi connectivity index (χ0v) is 16.1. The number of carbonyl (C=O) groups is 1. The molecule has 1 fully saturated rings. The highest BCUT2D eigenvalue weighted by atomic mass is 16.5. The number of furan rings is 1. The number of nitrogens with zero attached hydrogens (tertiary/aromatic N) is 1. The molecule has 5 heteroatoms.